The Labute approximate surface area is 141 Å². The normalized spacial score (nSPS) is 12.9. The highest BCUT2D eigenvalue weighted by Gasteiger charge is 2.19. The van der Waals surface area contributed by atoms with Crippen molar-refractivity contribution in [1.29, 1.82) is 0 Å². The molecule has 6 heteroatoms. The van der Waals surface area contributed by atoms with E-state index in [0.717, 1.165) is 16.8 Å². The van der Waals surface area contributed by atoms with Crippen LogP contribution in [0.2, 0.25) is 0 Å². The largest absolute Gasteiger partial charge is 0.444 e. The van der Waals surface area contributed by atoms with E-state index in [-0.39, 0.29) is 6.09 Å². The molecule has 0 saturated carbocycles. The Hall–Kier alpha value is -1.30. The summed E-state index contributed by atoms with van der Waals surface area (Å²) in [6.07, 6.45) is 1.36. The lowest BCUT2D eigenvalue weighted by atomic mass is 9.95. The minimum absolute atomic E-state index is 0.291. The van der Waals surface area contributed by atoms with Crippen molar-refractivity contribution in [2.45, 2.75) is 40.2 Å². The van der Waals surface area contributed by atoms with Gasteiger partial charge in [0.05, 0.1) is 5.69 Å². The Morgan fingerprint density at radius 3 is 2.59 bits per heavy atom. The van der Waals surface area contributed by atoms with Crippen LogP contribution in [0.25, 0.3) is 0 Å². The molecule has 0 saturated heterocycles. The summed E-state index contributed by atoms with van der Waals surface area (Å²) in [6, 6.07) is 3.85. The molecule has 1 aromatic rings. The van der Waals surface area contributed by atoms with Gasteiger partial charge in [0.1, 0.15) is 10.2 Å². The molecule has 1 rings (SSSR count). The molecule has 1 amide bonds. The molecule has 0 spiro atoms. The van der Waals surface area contributed by atoms with Crippen LogP contribution >= 0.6 is 15.9 Å². The molecular formula is C16H26BrN3O2. The number of amides is 1. The summed E-state index contributed by atoms with van der Waals surface area (Å²) in [5.41, 5.74) is 0.474. The first-order valence-corrected chi connectivity index (χ1v) is 8.29. The lowest BCUT2D eigenvalue weighted by molar-refractivity contribution is 0.0516. The van der Waals surface area contributed by atoms with Crippen LogP contribution in [0.5, 0.6) is 0 Å². The predicted octanol–water partition coefficient (Wildman–Crippen LogP) is 4.05. The van der Waals surface area contributed by atoms with E-state index in [9.17, 15) is 4.79 Å². The number of halogens is 1. The molecule has 1 unspecified atom stereocenters. The van der Waals surface area contributed by atoms with Crippen LogP contribution in [0, 0.1) is 11.8 Å². The first-order chi connectivity index (χ1) is 10.2. The summed E-state index contributed by atoms with van der Waals surface area (Å²) in [5, 5.41) is 6.21. The number of ether oxygens (including phenoxy) is 1. The van der Waals surface area contributed by atoms with Crippen molar-refractivity contribution in [3.63, 3.8) is 0 Å². The van der Waals surface area contributed by atoms with E-state index < -0.39 is 5.60 Å². The van der Waals surface area contributed by atoms with Crippen molar-refractivity contribution in [3.8, 4) is 0 Å². The summed E-state index contributed by atoms with van der Waals surface area (Å²) >= 11 is 3.42. The highest BCUT2D eigenvalue weighted by Crippen LogP contribution is 2.20. The van der Waals surface area contributed by atoms with Crippen LogP contribution in [0.1, 0.15) is 34.6 Å². The molecule has 2 N–H and O–H groups in total. The monoisotopic (exact) mass is 371 g/mol. The quantitative estimate of drug-likeness (QED) is 0.740. The lowest BCUT2D eigenvalue weighted by Gasteiger charge is -2.24. The second-order valence-corrected chi connectivity index (χ2v) is 7.36. The number of aromatic nitrogens is 1. The number of nitrogens with zero attached hydrogens (tertiary/aromatic N) is 1. The van der Waals surface area contributed by atoms with Gasteiger partial charge in [0.25, 0.3) is 0 Å². The van der Waals surface area contributed by atoms with Crippen LogP contribution in [0.4, 0.5) is 10.5 Å². The summed E-state index contributed by atoms with van der Waals surface area (Å²) in [5.74, 6) is 0.720. The Kier molecular flexibility index (Phi) is 7.13. The average molecular weight is 372 g/mol. The van der Waals surface area contributed by atoms with E-state index in [2.05, 4.69) is 45.4 Å². The van der Waals surface area contributed by atoms with Crippen LogP contribution < -0.4 is 10.6 Å². The Bertz CT molecular complexity index is 487. The summed E-state index contributed by atoms with van der Waals surface area (Å²) in [6.45, 7) is 11.2. The Balaban J connectivity index is 2.49. The van der Waals surface area contributed by atoms with Crippen molar-refractivity contribution in [2.75, 3.05) is 18.4 Å². The fourth-order valence-corrected chi connectivity index (χ4v) is 2.22. The molecule has 0 fully saturated rings. The van der Waals surface area contributed by atoms with Gasteiger partial charge in [-0.2, -0.15) is 0 Å². The molecule has 0 aromatic carbocycles. The molecule has 5 nitrogen and oxygen atoms in total. The topological polar surface area (TPSA) is 63.2 Å². The Morgan fingerprint density at radius 2 is 2.05 bits per heavy atom. The lowest BCUT2D eigenvalue weighted by Crippen LogP contribution is -2.38. The third-order valence-corrected chi connectivity index (χ3v) is 3.80. The molecule has 0 aliphatic heterocycles. The van der Waals surface area contributed by atoms with Gasteiger partial charge in [0, 0.05) is 19.3 Å². The highest BCUT2D eigenvalue weighted by molar-refractivity contribution is 9.10. The fourth-order valence-electron chi connectivity index (χ4n) is 1.83. The minimum Gasteiger partial charge on any atom is -0.444 e. The first kappa shape index (κ1) is 18.7. The highest BCUT2D eigenvalue weighted by atomic mass is 79.9. The number of anilines is 1. The third kappa shape index (κ3) is 7.11. The van der Waals surface area contributed by atoms with E-state index in [1.54, 1.807) is 6.20 Å². The smallest absolute Gasteiger partial charge is 0.407 e. The van der Waals surface area contributed by atoms with Crippen molar-refractivity contribution in [3.05, 3.63) is 22.9 Å². The van der Waals surface area contributed by atoms with Gasteiger partial charge in [-0.05, 0) is 60.7 Å². The van der Waals surface area contributed by atoms with E-state index in [1.165, 1.54) is 0 Å². The zero-order valence-corrected chi connectivity index (χ0v) is 15.5. The zero-order chi connectivity index (χ0) is 16.8. The van der Waals surface area contributed by atoms with Crippen molar-refractivity contribution < 1.29 is 9.53 Å². The number of carbonyl (C=O) groups excluding carboxylic acids is 1. The van der Waals surface area contributed by atoms with E-state index in [1.807, 2.05) is 32.9 Å². The standard InChI is InChI=1S/C16H26BrN3O2/c1-11(2)12(10-20-15(21)22-16(3,4)5)9-19-13-7-6-8-18-14(13)17/h6-8,11-12,19H,9-10H2,1-5H3,(H,20,21). The maximum atomic E-state index is 11.7. The zero-order valence-electron chi connectivity index (χ0n) is 13.9. The maximum Gasteiger partial charge on any atom is 0.407 e. The third-order valence-electron chi connectivity index (χ3n) is 3.16. The summed E-state index contributed by atoms with van der Waals surface area (Å²) < 4.78 is 6.05. The molecule has 0 radical (unpaired) electrons. The Morgan fingerprint density at radius 1 is 1.36 bits per heavy atom. The van der Waals surface area contributed by atoms with Crippen LogP contribution in [0.15, 0.2) is 22.9 Å². The summed E-state index contributed by atoms with van der Waals surface area (Å²) in [4.78, 5) is 15.9. The van der Waals surface area contributed by atoms with E-state index >= 15 is 0 Å². The summed E-state index contributed by atoms with van der Waals surface area (Å²) in [7, 11) is 0. The van der Waals surface area contributed by atoms with Gasteiger partial charge in [-0.15, -0.1) is 0 Å². The number of rotatable bonds is 6. The van der Waals surface area contributed by atoms with Gasteiger partial charge >= 0.3 is 6.09 Å². The molecule has 1 atom stereocenters. The van der Waals surface area contributed by atoms with Gasteiger partial charge in [0.15, 0.2) is 0 Å². The van der Waals surface area contributed by atoms with E-state index in [4.69, 9.17) is 4.74 Å². The minimum atomic E-state index is -0.476. The van der Waals surface area contributed by atoms with Gasteiger partial charge in [0.2, 0.25) is 0 Å². The van der Waals surface area contributed by atoms with Crippen molar-refractivity contribution >= 4 is 27.7 Å². The molecule has 0 aliphatic rings. The molecule has 22 heavy (non-hydrogen) atoms. The molecular weight excluding hydrogens is 346 g/mol. The number of hydrogen-bond acceptors (Lipinski definition) is 4. The van der Waals surface area contributed by atoms with E-state index in [0.29, 0.717) is 18.4 Å². The second kappa shape index (κ2) is 8.36. The van der Waals surface area contributed by atoms with Gasteiger partial charge in [-0.25, -0.2) is 9.78 Å². The maximum absolute atomic E-state index is 11.7. The number of pyridine rings is 1. The first-order valence-electron chi connectivity index (χ1n) is 7.50. The molecule has 124 valence electrons. The van der Waals surface area contributed by atoms with Gasteiger partial charge in [-0.1, -0.05) is 13.8 Å². The van der Waals surface area contributed by atoms with Crippen LogP contribution in [-0.4, -0.2) is 29.8 Å². The molecule has 0 bridgehead atoms. The van der Waals surface area contributed by atoms with Crippen LogP contribution in [0.3, 0.4) is 0 Å². The molecule has 1 aromatic heterocycles. The van der Waals surface area contributed by atoms with Crippen LogP contribution in [-0.2, 0) is 4.74 Å². The molecule has 0 aliphatic carbocycles. The second-order valence-electron chi connectivity index (χ2n) is 6.61. The predicted molar refractivity (Wildman–Crippen MR) is 93.0 cm³/mol. The van der Waals surface area contributed by atoms with Gasteiger partial charge in [-0.3, -0.25) is 0 Å². The number of alkyl carbamates (subject to hydrolysis) is 1. The number of nitrogens with one attached hydrogen (secondary N) is 2. The van der Waals surface area contributed by atoms with Gasteiger partial charge < -0.3 is 15.4 Å². The van der Waals surface area contributed by atoms with Crippen molar-refractivity contribution in [1.82, 2.24) is 10.3 Å². The van der Waals surface area contributed by atoms with Crippen molar-refractivity contribution in [2.24, 2.45) is 11.8 Å². The average Bonchev–Trinajstić information content (AvgIpc) is 2.38. The SMILES string of the molecule is CC(C)C(CNC(=O)OC(C)(C)C)CNc1cccnc1Br. The number of hydrogen-bond donors (Lipinski definition) is 2. The number of carbonyl (C=O) groups is 1. The molecule has 1 heterocycles. The fraction of sp³-hybridized carbons (Fsp3) is 0.625.